The molecule has 7 nitrogen and oxygen atoms in total. The second-order valence-corrected chi connectivity index (χ2v) is 5.25. The normalized spacial score (nSPS) is 23.0. The van der Waals surface area contributed by atoms with Crippen molar-refractivity contribution in [1.29, 1.82) is 0 Å². The average molecular weight is 292 g/mol. The summed E-state index contributed by atoms with van der Waals surface area (Å²) in [6.07, 6.45) is 6.68. The van der Waals surface area contributed by atoms with Gasteiger partial charge in [-0.05, 0) is 12.8 Å². The zero-order valence-electron chi connectivity index (χ0n) is 12.0. The lowest BCUT2D eigenvalue weighted by molar-refractivity contribution is 0.0325. The van der Waals surface area contributed by atoms with Crippen molar-refractivity contribution in [3.63, 3.8) is 0 Å². The molecule has 0 N–H and O–H groups in total. The number of urea groups is 1. The average Bonchev–Trinajstić information content (AvgIpc) is 2.56. The number of amides is 2. The standard InChI is InChI=1S/C14H20N4O3/c19-14(17-6-8-20-9-7-17)18-5-1-2-12(11-18)21-13-10-15-3-4-16-13/h3-4,10,12H,1-2,5-9,11H2/t12-/m1/s1. The summed E-state index contributed by atoms with van der Waals surface area (Å²) in [5.74, 6) is 0.517. The van der Waals surface area contributed by atoms with Crippen LogP contribution in [0.1, 0.15) is 12.8 Å². The second kappa shape index (κ2) is 6.71. The maximum Gasteiger partial charge on any atom is 0.320 e. The van der Waals surface area contributed by atoms with Crippen LogP contribution in [0, 0.1) is 0 Å². The molecule has 2 fully saturated rings. The fourth-order valence-electron chi connectivity index (χ4n) is 2.68. The molecule has 0 radical (unpaired) electrons. The van der Waals surface area contributed by atoms with E-state index in [0.29, 0.717) is 38.7 Å². The predicted molar refractivity (Wildman–Crippen MR) is 75.0 cm³/mol. The smallest absolute Gasteiger partial charge is 0.320 e. The van der Waals surface area contributed by atoms with Crippen molar-refractivity contribution in [2.45, 2.75) is 18.9 Å². The maximum atomic E-state index is 12.5. The number of hydrogen-bond donors (Lipinski definition) is 0. The van der Waals surface area contributed by atoms with Gasteiger partial charge in [-0.2, -0.15) is 0 Å². The number of nitrogens with zero attached hydrogens (tertiary/aromatic N) is 4. The first-order valence-electron chi connectivity index (χ1n) is 7.37. The van der Waals surface area contributed by atoms with Gasteiger partial charge in [-0.25, -0.2) is 9.78 Å². The minimum atomic E-state index is -0.0135. The molecule has 3 heterocycles. The van der Waals surface area contributed by atoms with Crippen LogP contribution in [0.15, 0.2) is 18.6 Å². The third-order valence-corrected chi connectivity index (χ3v) is 3.76. The maximum absolute atomic E-state index is 12.5. The summed E-state index contributed by atoms with van der Waals surface area (Å²) >= 11 is 0. The van der Waals surface area contributed by atoms with E-state index in [-0.39, 0.29) is 12.1 Å². The molecule has 21 heavy (non-hydrogen) atoms. The van der Waals surface area contributed by atoms with Gasteiger partial charge in [0.15, 0.2) is 0 Å². The molecule has 0 spiro atoms. The van der Waals surface area contributed by atoms with Crippen molar-refractivity contribution < 1.29 is 14.3 Å². The molecule has 1 aromatic rings. The Hall–Kier alpha value is -1.89. The highest BCUT2D eigenvalue weighted by atomic mass is 16.5. The molecule has 7 heteroatoms. The Balaban J connectivity index is 1.56. The number of likely N-dealkylation sites (tertiary alicyclic amines) is 1. The molecule has 0 bridgehead atoms. The predicted octanol–water partition coefficient (Wildman–Crippen LogP) is 0.772. The third-order valence-electron chi connectivity index (χ3n) is 3.76. The Bertz CT molecular complexity index is 465. The minimum Gasteiger partial charge on any atom is -0.471 e. The van der Waals surface area contributed by atoms with Gasteiger partial charge < -0.3 is 19.3 Å². The lowest BCUT2D eigenvalue weighted by atomic mass is 10.1. The second-order valence-electron chi connectivity index (χ2n) is 5.25. The quantitative estimate of drug-likeness (QED) is 0.805. The van der Waals surface area contributed by atoms with E-state index in [4.69, 9.17) is 9.47 Å². The van der Waals surface area contributed by atoms with Crippen LogP contribution in [-0.4, -0.2) is 71.3 Å². The number of piperidine rings is 1. The lowest BCUT2D eigenvalue weighted by Gasteiger charge is -2.37. The molecule has 0 aliphatic carbocycles. The summed E-state index contributed by atoms with van der Waals surface area (Å²) in [5, 5.41) is 0. The molecular weight excluding hydrogens is 272 g/mol. The zero-order chi connectivity index (χ0) is 14.5. The molecule has 0 aromatic carbocycles. The summed E-state index contributed by atoms with van der Waals surface area (Å²) in [5.41, 5.74) is 0. The number of hydrogen-bond acceptors (Lipinski definition) is 5. The summed E-state index contributed by atoms with van der Waals surface area (Å²) < 4.78 is 11.1. The van der Waals surface area contributed by atoms with Crippen LogP contribution in [-0.2, 0) is 4.74 Å². The van der Waals surface area contributed by atoms with Crippen LogP contribution in [0.5, 0.6) is 5.88 Å². The van der Waals surface area contributed by atoms with E-state index in [1.807, 2.05) is 9.80 Å². The van der Waals surface area contributed by atoms with Gasteiger partial charge in [0, 0.05) is 32.0 Å². The highest BCUT2D eigenvalue weighted by Gasteiger charge is 2.29. The van der Waals surface area contributed by atoms with E-state index < -0.39 is 0 Å². The Morgan fingerprint density at radius 3 is 2.86 bits per heavy atom. The third kappa shape index (κ3) is 3.60. The Morgan fingerprint density at radius 2 is 2.10 bits per heavy atom. The van der Waals surface area contributed by atoms with Crippen LogP contribution < -0.4 is 4.74 Å². The lowest BCUT2D eigenvalue weighted by Crippen LogP contribution is -2.52. The van der Waals surface area contributed by atoms with Crippen molar-refractivity contribution in [3.8, 4) is 5.88 Å². The van der Waals surface area contributed by atoms with Gasteiger partial charge in [0.2, 0.25) is 5.88 Å². The van der Waals surface area contributed by atoms with Crippen LogP contribution in [0.4, 0.5) is 4.79 Å². The minimum absolute atomic E-state index is 0.0135. The van der Waals surface area contributed by atoms with Gasteiger partial charge in [-0.1, -0.05) is 0 Å². The Kier molecular flexibility index (Phi) is 4.49. The molecule has 3 rings (SSSR count). The first-order valence-corrected chi connectivity index (χ1v) is 7.37. The summed E-state index contributed by atoms with van der Waals surface area (Å²) in [6.45, 7) is 3.98. The number of carbonyl (C=O) groups excluding carboxylic acids is 1. The van der Waals surface area contributed by atoms with Gasteiger partial charge in [0.05, 0.1) is 26.0 Å². The van der Waals surface area contributed by atoms with E-state index in [1.54, 1.807) is 18.6 Å². The van der Waals surface area contributed by atoms with Crippen molar-refractivity contribution in [2.24, 2.45) is 0 Å². The highest BCUT2D eigenvalue weighted by Crippen LogP contribution is 2.17. The number of morpholine rings is 1. The van der Waals surface area contributed by atoms with Crippen LogP contribution >= 0.6 is 0 Å². The molecular formula is C14H20N4O3. The molecule has 2 aliphatic heterocycles. The Labute approximate surface area is 123 Å². The highest BCUT2D eigenvalue weighted by molar-refractivity contribution is 5.74. The number of aromatic nitrogens is 2. The first-order chi connectivity index (χ1) is 10.3. The SMILES string of the molecule is O=C(N1CCOCC1)N1CCC[C@@H](Oc2cnccn2)C1. The van der Waals surface area contributed by atoms with E-state index in [1.165, 1.54) is 0 Å². The van der Waals surface area contributed by atoms with Crippen molar-refractivity contribution >= 4 is 6.03 Å². The summed E-state index contributed by atoms with van der Waals surface area (Å²) in [7, 11) is 0. The number of rotatable bonds is 2. The van der Waals surface area contributed by atoms with E-state index in [0.717, 1.165) is 19.4 Å². The molecule has 1 aromatic heterocycles. The molecule has 2 saturated heterocycles. The van der Waals surface area contributed by atoms with Crippen molar-refractivity contribution in [3.05, 3.63) is 18.6 Å². The van der Waals surface area contributed by atoms with Gasteiger partial charge >= 0.3 is 6.03 Å². The summed E-state index contributed by atoms with van der Waals surface area (Å²) in [6, 6.07) is 0.0887. The zero-order valence-corrected chi connectivity index (χ0v) is 12.0. The monoisotopic (exact) mass is 292 g/mol. The van der Waals surface area contributed by atoms with Crippen LogP contribution in [0.3, 0.4) is 0 Å². The molecule has 1 atom stereocenters. The summed E-state index contributed by atoms with van der Waals surface area (Å²) in [4.78, 5) is 24.3. The molecule has 2 amide bonds. The van der Waals surface area contributed by atoms with Crippen LogP contribution in [0.25, 0.3) is 0 Å². The topological polar surface area (TPSA) is 67.8 Å². The van der Waals surface area contributed by atoms with E-state index in [9.17, 15) is 4.79 Å². The van der Waals surface area contributed by atoms with Gasteiger partial charge in [-0.3, -0.25) is 4.98 Å². The fourth-order valence-corrected chi connectivity index (χ4v) is 2.68. The number of ether oxygens (including phenoxy) is 2. The largest absolute Gasteiger partial charge is 0.471 e. The van der Waals surface area contributed by atoms with Gasteiger partial charge in [0.25, 0.3) is 0 Å². The number of carbonyl (C=O) groups is 1. The Morgan fingerprint density at radius 1 is 1.24 bits per heavy atom. The molecule has 0 unspecified atom stereocenters. The fraction of sp³-hybridized carbons (Fsp3) is 0.643. The van der Waals surface area contributed by atoms with E-state index >= 15 is 0 Å². The molecule has 0 saturated carbocycles. The molecule has 114 valence electrons. The van der Waals surface area contributed by atoms with Crippen LogP contribution in [0.2, 0.25) is 0 Å². The van der Waals surface area contributed by atoms with Gasteiger partial charge in [-0.15, -0.1) is 0 Å². The van der Waals surface area contributed by atoms with Crippen molar-refractivity contribution in [2.75, 3.05) is 39.4 Å². The first kappa shape index (κ1) is 14.1. The van der Waals surface area contributed by atoms with Crippen molar-refractivity contribution in [1.82, 2.24) is 19.8 Å². The molecule has 2 aliphatic rings. The van der Waals surface area contributed by atoms with E-state index in [2.05, 4.69) is 9.97 Å². The van der Waals surface area contributed by atoms with Gasteiger partial charge in [0.1, 0.15) is 6.10 Å².